The zero-order valence-corrected chi connectivity index (χ0v) is 9.81. The second-order valence-electron chi connectivity index (χ2n) is 3.72. The first-order valence-corrected chi connectivity index (χ1v) is 5.52. The fourth-order valence-corrected chi connectivity index (χ4v) is 1.91. The Kier molecular flexibility index (Phi) is 3.40. The van der Waals surface area contributed by atoms with E-state index in [1.54, 1.807) is 0 Å². The fourth-order valence-electron chi connectivity index (χ4n) is 1.75. The van der Waals surface area contributed by atoms with Crippen LogP contribution in [0.25, 0.3) is 0 Å². The Labute approximate surface area is 98.8 Å². The molecule has 88 valence electrons. The third kappa shape index (κ3) is 2.51. The maximum atomic E-state index is 5.74. The summed E-state index contributed by atoms with van der Waals surface area (Å²) in [6.07, 6.45) is 1.92. The molecule has 0 atom stereocenters. The molecule has 1 aliphatic heterocycles. The van der Waals surface area contributed by atoms with E-state index in [0.29, 0.717) is 12.0 Å². The summed E-state index contributed by atoms with van der Waals surface area (Å²) in [4.78, 5) is 13.8. The molecule has 0 unspecified atom stereocenters. The molecule has 1 saturated heterocycles. The van der Waals surface area contributed by atoms with Crippen LogP contribution in [-0.4, -0.2) is 41.3 Å². The molecule has 6 nitrogen and oxygen atoms in total. The number of anilines is 2. The van der Waals surface area contributed by atoms with Crippen LogP contribution < -0.4 is 10.6 Å². The number of nitrogens with zero attached hydrogens (tertiary/aromatic N) is 4. The molecule has 2 N–H and O–H groups in total. The van der Waals surface area contributed by atoms with Gasteiger partial charge in [0.2, 0.25) is 17.2 Å². The highest BCUT2D eigenvalue weighted by molar-refractivity contribution is 6.28. The van der Waals surface area contributed by atoms with E-state index < -0.39 is 0 Å². The number of halogens is 1. The third-order valence-electron chi connectivity index (χ3n) is 2.67. The Morgan fingerprint density at radius 3 is 2.62 bits per heavy atom. The molecule has 1 fully saturated rings. The molecule has 2 heterocycles. The molecule has 0 spiro atoms. The monoisotopic (exact) mass is 243 g/mol. The molecule has 16 heavy (non-hydrogen) atoms. The Bertz CT molecular complexity index is 349. The van der Waals surface area contributed by atoms with Gasteiger partial charge in [-0.25, -0.2) is 0 Å². The number of rotatable bonds is 2. The number of ether oxygens (including phenoxy) is 1. The lowest BCUT2D eigenvalue weighted by atomic mass is 10.1. The molecule has 7 heteroatoms. The zero-order valence-electron chi connectivity index (χ0n) is 9.06. The SMILES string of the molecule is CN(c1nc(N)nc(Cl)n1)C1CCOCC1. The largest absolute Gasteiger partial charge is 0.381 e. The van der Waals surface area contributed by atoms with Crippen LogP contribution in [-0.2, 0) is 4.74 Å². The van der Waals surface area contributed by atoms with Crippen LogP contribution in [0.2, 0.25) is 5.28 Å². The highest BCUT2D eigenvalue weighted by atomic mass is 35.5. The van der Waals surface area contributed by atoms with Gasteiger partial charge in [-0.2, -0.15) is 15.0 Å². The number of nitrogens with two attached hydrogens (primary N) is 1. The summed E-state index contributed by atoms with van der Waals surface area (Å²) in [5.74, 6) is 0.665. The minimum atomic E-state index is 0.126. The fraction of sp³-hybridized carbons (Fsp3) is 0.667. The van der Waals surface area contributed by atoms with Crippen molar-refractivity contribution in [1.82, 2.24) is 15.0 Å². The van der Waals surface area contributed by atoms with Crippen LogP contribution in [0.1, 0.15) is 12.8 Å². The lowest BCUT2D eigenvalue weighted by Crippen LogP contribution is -2.37. The van der Waals surface area contributed by atoms with Gasteiger partial charge in [0, 0.05) is 26.3 Å². The van der Waals surface area contributed by atoms with Crippen molar-refractivity contribution < 1.29 is 4.74 Å². The van der Waals surface area contributed by atoms with E-state index in [2.05, 4.69) is 15.0 Å². The Hall–Kier alpha value is -1.14. The third-order valence-corrected chi connectivity index (χ3v) is 2.84. The van der Waals surface area contributed by atoms with Crippen molar-refractivity contribution in [3.8, 4) is 0 Å². The molecule has 0 bridgehead atoms. The topological polar surface area (TPSA) is 77.2 Å². The van der Waals surface area contributed by atoms with Crippen LogP contribution in [0.15, 0.2) is 0 Å². The number of aromatic nitrogens is 3. The van der Waals surface area contributed by atoms with E-state index in [-0.39, 0.29) is 11.2 Å². The predicted octanol–water partition coefficient (Wildman–Crippen LogP) is 0.722. The van der Waals surface area contributed by atoms with Crippen LogP contribution >= 0.6 is 11.6 Å². The van der Waals surface area contributed by atoms with E-state index in [4.69, 9.17) is 22.1 Å². The highest BCUT2D eigenvalue weighted by Gasteiger charge is 2.21. The molecular formula is C9H14ClN5O. The van der Waals surface area contributed by atoms with Crippen molar-refractivity contribution in [2.45, 2.75) is 18.9 Å². The maximum absolute atomic E-state index is 5.74. The predicted molar refractivity (Wildman–Crippen MR) is 61.5 cm³/mol. The Morgan fingerprint density at radius 1 is 1.31 bits per heavy atom. The number of nitrogen functional groups attached to an aromatic ring is 1. The maximum Gasteiger partial charge on any atom is 0.231 e. The molecule has 2 rings (SSSR count). The van der Waals surface area contributed by atoms with Crippen molar-refractivity contribution in [1.29, 1.82) is 0 Å². The first-order chi connectivity index (χ1) is 7.66. The van der Waals surface area contributed by atoms with Gasteiger partial charge in [0.05, 0.1) is 0 Å². The van der Waals surface area contributed by atoms with Gasteiger partial charge in [0.1, 0.15) is 0 Å². The summed E-state index contributed by atoms with van der Waals surface area (Å²) >= 11 is 5.74. The van der Waals surface area contributed by atoms with Crippen molar-refractivity contribution in [3.63, 3.8) is 0 Å². The average Bonchev–Trinajstić information content (AvgIpc) is 2.28. The van der Waals surface area contributed by atoms with Gasteiger partial charge in [-0.15, -0.1) is 0 Å². The summed E-state index contributed by atoms with van der Waals surface area (Å²) in [5, 5.41) is 0.126. The summed E-state index contributed by atoms with van der Waals surface area (Å²) in [6.45, 7) is 1.53. The standard InChI is InChI=1S/C9H14ClN5O/c1-15(6-2-4-16-5-3-6)9-13-7(10)12-8(11)14-9/h6H,2-5H2,1H3,(H2,11,12,13,14). The van der Waals surface area contributed by atoms with Crippen LogP contribution in [0, 0.1) is 0 Å². The molecule has 1 aromatic heterocycles. The van der Waals surface area contributed by atoms with Crippen molar-refractivity contribution >= 4 is 23.5 Å². The molecule has 1 aliphatic rings. The molecule has 0 aromatic carbocycles. The lowest BCUT2D eigenvalue weighted by Gasteiger charge is -2.31. The summed E-state index contributed by atoms with van der Waals surface area (Å²) < 4.78 is 5.30. The van der Waals surface area contributed by atoms with E-state index in [1.807, 2.05) is 11.9 Å². The number of hydrogen-bond acceptors (Lipinski definition) is 6. The molecule has 0 saturated carbocycles. The molecule has 0 radical (unpaired) electrons. The van der Waals surface area contributed by atoms with E-state index in [0.717, 1.165) is 26.1 Å². The normalized spacial score (nSPS) is 17.4. The minimum absolute atomic E-state index is 0.126. The zero-order chi connectivity index (χ0) is 11.5. The van der Waals surface area contributed by atoms with Gasteiger partial charge < -0.3 is 15.4 Å². The van der Waals surface area contributed by atoms with Crippen LogP contribution in [0.4, 0.5) is 11.9 Å². The summed E-state index contributed by atoms with van der Waals surface area (Å²) in [5.41, 5.74) is 5.53. The van der Waals surface area contributed by atoms with Crippen molar-refractivity contribution in [2.75, 3.05) is 30.9 Å². The van der Waals surface area contributed by atoms with E-state index in [9.17, 15) is 0 Å². The molecular weight excluding hydrogens is 230 g/mol. The van der Waals surface area contributed by atoms with Gasteiger partial charge in [0.15, 0.2) is 0 Å². The lowest BCUT2D eigenvalue weighted by molar-refractivity contribution is 0.0852. The van der Waals surface area contributed by atoms with E-state index in [1.165, 1.54) is 0 Å². The highest BCUT2D eigenvalue weighted by Crippen LogP contribution is 2.19. The second kappa shape index (κ2) is 4.80. The van der Waals surface area contributed by atoms with Gasteiger partial charge >= 0.3 is 0 Å². The first kappa shape index (κ1) is 11.3. The average molecular weight is 244 g/mol. The smallest absolute Gasteiger partial charge is 0.231 e. The summed E-state index contributed by atoms with van der Waals surface area (Å²) in [7, 11) is 1.93. The minimum Gasteiger partial charge on any atom is -0.381 e. The molecule has 0 amide bonds. The first-order valence-electron chi connectivity index (χ1n) is 5.14. The van der Waals surface area contributed by atoms with Crippen LogP contribution in [0.5, 0.6) is 0 Å². The van der Waals surface area contributed by atoms with Gasteiger partial charge in [-0.1, -0.05) is 0 Å². The Morgan fingerprint density at radius 2 is 2.00 bits per heavy atom. The van der Waals surface area contributed by atoms with E-state index >= 15 is 0 Å². The van der Waals surface area contributed by atoms with Gasteiger partial charge in [0.25, 0.3) is 0 Å². The molecule has 1 aromatic rings. The molecule has 0 aliphatic carbocycles. The van der Waals surface area contributed by atoms with Gasteiger partial charge in [-0.3, -0.25) is 0 Å². The second-order valence-corrected chi connectivity index (χ2v) is 4.06. The van der Waals surface area contributed by atoms with Crippen LogP contribution in [0.3, 0.4) is 0 Å². The summed E-state index contributed by atoms with van der Waals surface area (Å²) in [6, 6.07) is 0.367. The van der Waals surface area contributed by atoms with Crippen molar-refractivity contribution in [2.24, 2.45) is 0 Å². The van der Waals surface area contributed by atoms with Gasteiger partial charge in [-0.05, 0) is 24.4 Å². The quantitative estimate of drug-likeness (QED) is 0.825. The Balaban J connectivity index is 2.15. The number of hydrogen-bond donors (Lipinski definition) is 1. The van der Waals surface area contributed by atoms with Crippen molar-refractivity contribution in [3.05, 3.63) is 5.28 Å².